The molecule has 3 aromatic heterocycles. The van der Waals surface area contributed by atoms with E-state index in [0.29, 0.717) is 5.56 Å². The van der Waals surface area contributed by atoms with Gasteiger partial charge in [-0.15, -0.1) is 0 Å². The number of carbonyl (C=O) groups is 1. The first kappa shape index (κ1) is 16.1. The molecule has 0 radical (unpaired) electrons. The van der Waals surface area contributed by atoms with Gasteiger partial charge in [-0.2, -0.15) is 16.4 Å². The third-order valence-electron chi connectivity index (χ3n) is 3.86. The number of pyridine rings is 2. The number of amides is 1. The average Bonchev–Trinajstić information content (AvgIpc) is 3.21. The molecule has 26 heavy (non-hydrogen) atoms. The molecule has 0 aliphatic carbocycles. The number of carbonyl (C=O) groups excluding carboxylic acids is 1. The molecule has 1 N–H and O–H groups in total. The summed E-state index contributed by atoms with van der Waals surface area (Å²) in [5.74, 6) is -0.273. The number of hydrogen-bond donors (Lipinski definition) is 1. The van der Waals surface area contributed by atoms with Gasteiger partial charge in [0.15, 0.2) is 0 Å². The van der Waals surface area contributed by atoms with Crippen LogP contribution < -0.4 is 5.43 Å². The van der Waals surface area contributed by atoms with Crippen LogP contribution in [0.5, 0.6) is 0 Å². The number of aromatic nitrogens is 2. The Labute approximate surface area is 154 Å². The Morgan fingerprint density at radius 1 is 1.12 bits per heavy atom. The highest BCUT2D eigenvalue weighted by Gasteiger charge is 2.13. The van der Waals surface area contributed by atoms with Gasteiger partial charge in [-0.25, -0.2) is 10.4 Å². The van der Waals surface area contributed by atoms with E-state index in [4.69, 9.17) is 0 Å². The Kier molecular flexibility index (Phi) is 4.49. The van der Waals surface area contributed by atoms with Crippen LogP contribution in [0.15, 0.2) is 76.8 Å². The summed E-state index contributed by atoms with van der Waals surface area (Å²) in [6, 6.07) is 15.0. The van der Waals surface area contributed by atoms with Crippen molar-refractivity contribution < 1.29 is 4.79 Å². The van der Waals surface area contributed by atoms with E-state index in [1.807, 2.05) is 53.2 Å². The highest BCUT2D eigenvalue weighted by molar-refractivity contribution is 7.08. The molecule has 0 saturated heterocycles. The van der Waals surface area contributed by atoms with Crippen molar-refractivity contribution in [3.05, 3.63) is 82.8 Å². The smallest absolute Gasteiger partial charge is 0.267 e. The molecule has 3 heterocycles. The Balaban J connectivity index is 1.72. The van der Waals surface area contributed by atoms with Crippen molar-refractivity contribution in [2.75, 3.05) is 0 Å². The number of benzene rings is 1. The molecule has 4 rings (SSSR count). The number of hydrazone groups is 1. The van der Waals surface area contributed by atoms with Crippen molar-refractivity contribution in [2.24, 2.45) is 5.10 Å². The summed E-state index contributed by atoms with van der Waals surface area (Å²) in [5.41, 5.74) is 6.47. The van der Waals surface area contributed by atoms with Crippen molar-refractivity contribution in [1.82, 2.24) is 15.4 Å². The minimum atomic E-state index is -0.273. The Morgan fingerprint density at radius 2 is 1.96 bits per heavy atom. The van der Waals surface area contributed by atoms with E-state index in [2.05, 4.69) is 20.5 Å². The largest absolute Gasteiger partial charge is 0.272 e. The molecular formula is C20H14N4OS. The van der Waals surface area contributed by atoms with Crippen LogP contribution in [-0.2, 0) is 0 Å². The lowest BCUT2D eigenvalue weighted by Crippen LogP contribution is -2.18. The fraction of sp³-hybridized carbons (Fsp3) is 0. The summed E-state index contributed by atoms with van der Waals surface area (Å²) in [7, 11) is 0. The number of hydrogen-bond acceptors (Lipinski definition) is 5. The molecule has 1 amide bonds. The van der Waals surface area contributed by atoms with Crippen molar-refractivity contribution in [1.29, 1.82) is 0 Å². The van der Waals surface area contributed by atoms with Gasteiger partial charge in [0.2, 0.25) is 0 Å². The highest BCUT2D eigenvalue weighted by Crippen LogP contribution is 2.24. The van der Waals surface area contributed by atoms with Gasteiger partial charge in [0.05, 0.1) is 23.0 Å². The molecule has 0 unspecified atom stereocenters. The Bertz CT molecular complexity index is 1080. The third-order valence-corrected chi connectivity index (χ3v) is 4.56. The van der Waals surface area contributed by atoms with E-state index in [1.54, 1.807) is 36.0 Å². The number of nitrogens with zero attached hydrogens (tertiary/aromatic N) is 3. The van der Waals surface area contributed by atoms with Crippen LogP contribution in [0.2, 0.25) is 0 Å². The lowest BCUT2D eigenvalue weighted by molar-refractivity contribution is 0.0957. The first-order valence-electron chi connectivity index (χ1n) is 7.97. The van der Waals surface area contributed by atoms with Crippen molar-refractivity contribution >= 4 is 34.4 Å². The quantitative estimate of drug-likeness (QED) is 0.441. The van der Waals surface area contributed by atoms with Crippen LogP contribution in [-0.4, -0.2) is 22.1 Å². The van der Waals surface area contributed by atoms with Crippen LogP contribution in [0, 0.1) is 0 Å². The molecule has 0 saturated carbocycles. The second kappa shape index (κ2) is 7.25. The van der Waals surface area contributed by atoms with Gasteiger partial charge >= 0.3 is 0 Å². The predicted octanol–water partition coefficient (Wildman–Crippen LogP) is 4.12. The molecule has 0 bridgehead atoms. The van der Waals surface area contributed by atoms with Crippen LogP contribution in [0.1, 0.15) is 15.9 Å². The molecule has 4 aromatic rings. The zero-order valence-electron chi connectivity index (χ0n) is 13.7. The number of fused-ring (bicyclic) bond motifs is 1. The van der Waals surface area contributed by atoms with Gasteiger partial charge in [0, 0.05) is 28.9 Å². The van der Waals surface area contributed by atoms with Gasteiger partial charge in [0.25, 0.3) is 5.91 Å². The summed E-state index contributed by atoms with van der Waals surface area (Å²) in [5, 5.41) is 8.75. The average molecular weight is 358 g/mol. The molecule has 0 fully saturated rings. The van der Waals surface area contributed by atoms with Crippen molar-refractivity contribution in [3.63, 3.8) is 0 Å². The maximum Gasteiger partial charge on any atom is 0.272 e. The number of rotatable bonds is 4. The summed E-state index contributed by atoms with van der Waals surface area (Å²) in [6.07, 6.45) is 5.04. The van der Waals surface area contributed by atoms with Crippen LogP contribution in [0.25, 0.3) is 22.2 Å². The number of para-hydroxylation sites is 1. The summed E-state index contributed by atoms with van der Waals surface area (Å²) >= 11 is 1.58. The first-order chi connectivity index (χ1) is 12.8. The van der Waals surface area contributed by atoms with Crippen molar-refractivity contribution in [2.45, 2.75) is 0 Å². The first-order valence-corrected chi connectivity index (χ1v) is 8.91. The Hall–Kier alpha value is -3.38. The Morgan fingerprint density at radius 3 is 2.77 bits per heavy atom. The fourth-order valence-corrected chi connectivity index (χ4v) is 3.22. The second-order valence-electron chi connectivity index (χ2n) is 5.56. The normalized spacial score (nSPS) is 11.1. The molecule has 5 nitrogen and oxygen atoms in total. The van der Waals surface area contributed by atoms with E-state index in [-0.39, 0.29) is 5.91 Å². The maximum atomic E-state index is 12.7. The summed E-state index contributed by atoms with van der Waals surface area (Å²) in [6.45, 7) is 0. The summed E-state index contributed by atoms with van der Waals surface area (Å²) in [4.78, 5) is 21.4. The van der Waals surface area contributed by atoms with Gasteiger partial charge < -0.3 is 0 Å². The minimum absolute atomic E-state index is 0.273. The third kappa shape index (κ3) is 3.36. The van der Waals surface area contributed by atoms with E-state index in [9.17, 15) is 4.79 Å². The molecule has 1 aromatic carbocycles. The van der Waals surface area contributed by atoms with E-state index >= 15 is 0 Å². The van der Waals surface area contributed by atoms with E-state index in [1.165, 1.54) is 0 Å². The van der Waals surface area contributed by atoms with E-state index < -0.39 is 0 Å². The zero-order valence-corrected chi connectivity index (χ0v) is 14.5. The van der Waals surface area contributed by atoms with Crippen LogP contribution >= 0.6 is 11.3 Å². The zero-order chi connectivity index (χ0) is 17.8. The monoisotopic (exact) mass is 358 g/mol. The van der Waals surface area contributed by atoms with Crippen molar-refractivity contribution in [3.8, 4) is 11.3 Å². The number of nitrogens with one attached hydrogen (secondary N) is 1. The standard InChI is InChI=1S/C20H14N4OS/c25-20(24-22-12-14-7-10-26-13-14)17-11-19(15-5-8-21-9-6-15)23-18-4-2-1-3-16(17)18/h1-13H,(H,24,25). The maximum absolute atomic E-state index is 12.7. The fourth-order valence-electron chi connectivity index (χ4n) is 2.61. The van der Waals surface area contributed by atoms with Crippen LogP contribution in [0.3, 0.4) is 0 Å². The topological polar surface area (TPSA) is 67.2 Å². The molecule has 0 spiro atoms. The minimum Gasteiger partial charge on any atom is -0.267 e. The molecule has 0 aliphatic heterocycles. The summed E-state index contributed by atoms with van der Waals surface area (Å²) < 4.78 is 0. The van der Waals surface area contributed by atoms with E-state index in [0.717, 1.165) is 27.7 Å². The molecule has 126 valence electrons. The van der Waals surface area contributed by atoms with Gasteiger partial charge in [0.1, 0.15) is 0 Å². The lowest BCUT2D eigenvalue weighted by Gasteiger charge is -2.08. The molecular weight excluding hydrogens is 344 g/mol. The lowest BCUT2D eigenvalue weighted by atomic mass is 10.0. The molecule has 6 heteroatoms. The predicted molar refractivity (Wildman–Crippen MR) is 104 cm³/mol. The SMILES string of the molecule is O=C(NN=Cc1ccsc1)c1cc(-c2ccncc2)nc2ccccc12. The van der Waals surface area contributed by atoms with Crippen LogP contribution in [0.4, 0.5) is 0 Å². The molecule has 0 aliphatic rings. The molecule has 0 atom stereocenters. The van der Waals surface area contributed by atoms with Gasteiger partial charge in [-0.3, -0.25) is 9.78 Å². The van der Waals surface area contributed by atoms with Gasteiger partial charge in [-0.1, -0.05) is 18.2 Å². The highest BCUT2D eigenvalue weighted by atomic mass is 32.1. The second-order valence-corrected chi connectivity index (χ2v) is 6.34. The number of thiophene rings is 1. The van der Waals surface area contributed by atoms with Gasteiger partial charge in [-0.05, 0) is 41.1 Å².